The van der Waals surface area contributed by atoms with Crippen molar-refractivity contribution in [1.29, 1.82) is 0 Å². The van der Waals surface area contributed by atoms with E-state index in [0.717, 1.165) is 17.5 Å². The van der Waals surface area contributed by atoms with Gasteiger partial charge in [0.05, 0.1) is 0 Å². The van der Waals surface area contributed by atoms with Crippen molar-refractivity contribution in [2.45, 2.75) is 26.9 Å². The second-order valence-corrected chi connectivity index (χ2v) is 4.51. The maximum atomic E-state index is 5.24. The minimum Gasteiger partial charge on any atom is -0.390 e. The highest BCUT2D eigenvalue weighted by Gasteiger charge is 1.94. The van der Waals surface area contributed by atoms with E-state index in [1.807, 2.05) is 24.3 Å². The zero-order chi connectivity index (χ0) is 13.5. The van der Waals surface area contributed by atoms with Gasteiger partial charge in [-0.2, -0.15) is 0 Å². The van der Waals surface area contributed by atoms with E-state index in [1.165, 1.54) is 11.1 Å². The third-order valence-corrected chi connectivity index (χ3v) is 2.95. The van der Waals surface area contributed by atoms with Crippen LogP contribution in [0.2, 0.25) is 0 Å². The number of benzene rings is 2. The molecule has 0 amide bonds. The first-order valence-electron chi connectivity index (χ1n) is 6.50. The molecule has 97 valence electrons. The van der Waals surface area contributed by atoms with Gasteiger partial charge in [0.25, 0.3) is 0 Å². The predicted molar refractivity (Wildman–Crippen MR) is 78.3 cm³/mol. The summed E-state index contributed by atoms with van der Waals surface area (Å²) in [6.45, 7) is 4.67. The van der Waals surface area contributed by atoms with Gasteiger partial charge in [-0.15, -0.1) is 0 Å². The van der Waals surface area contributed by atoms with E-state index in [9.17, 15) is 0 Å². The lowest BCUT2D eigenvalue weighted by atomic mass is 10.1. The average molecular weight is 252 g/mol. The second-order valence-electron chi connectivity index (χ2n) is 4.51. The van der Waals surface area contributed by atoms with Crippen molar-refractivity contribution in [3.05, 3.63) is 70.8 Å². The van der Waals surface area contributed by atoms with Crippen LogP contribution in [0.3, 0.4) is 0 Å². The highest BCUT2D eigenvalue weighted by Crippen LogP contribution is 2.06. The number of hydrogen-bond acceptors (Lipinski definition) is 2. The quantitative estimate of drug-likeness (QED) is 0.582. The number of aryl methyl sites for hydroxylation is 2. The van der Waals surface area contributed by atoms with Crippen LogP contribution in [-0.4, -0.2) is 6.21 Å². The Labute approximate surface area is 114 Å². The van der Waals surface area contributed by atoms with E-state index in [2.05, 4.69) is 49.5 Å². The summed E-state index contributed by atoms with van der Waals surface area (Å²) in [4.78, 5) is 5.24. The third kappa shape index (κ3) is 4.25. The summed E-state index contributed by atoms with van der Waals surface area (Å²) in [6.07, 6.45) is 3.92. The second kappa shape index (κ2) is 6.74. The standard InChI is InChI=1S/C17H18NO/c1-3-15-8-10-17(11-9-15)13-19-18-12-16-6-4-14(2)5-7-16/h4-11H,3,13H2,1-2H3. The Balaban J connectivity index is 1.83. The van der Waals surface area contributed by atoms with Crippen LogP contribution >= 0.6 is 0 Å². The number of hydrogen-bond donors (Lipinski definition) is 0. The van der Waals surface area contributed by atoms with Crippen LogP contribution in [-0.2, 0) is 17.9 Å². The van der Waals surface area contributed by atoms with Gasteiger partial charge in [-0.25, -0.2) is 0 Å². The molecule has 0 N–H and O–H groups in total. The molecule has 2 aromatic rings. The van der Waals surface area contributed by atoms with Crippen LogP contribution < -0.4 is 0 Å². The molecule has 0 bridgehead atoms. The van der Waals surface area contributed by atoms with Gasteiger partial charge in [0.1, 0.15) is 12.8 Å². The van der Waals surface area contributed by atoms with E-state index in [0.29, 0.717) is 6.61 Å². The maximum Gasteiger partial charge on any atom is 0.142 e. The van der Waals surface area contributed by atoms with Crippen LogP contribution in [0.25, 0.3) is 0 Å². The van der Waals surface area contributed by atoms with Crippen LogP contribution in [0.1, 0.15) is 29.2 Å². The zero-order valence-corrected chi connectivity index (χ0v) is 11.4. The Morgan fingerprint density at radius 1 is 0.947 bits per heavy atom. The molecule has 19 heavy (non-hydrogen) atoms. The first-order chi connectivity index (χ1) is 9.28. The molecular formula is C17H18NO. The van der Waals surface area contributed by atoms with Gasteiger partial charge >= 0.3 is 0 Å². The van der Waals surface area contributed by atoms with Crippen molar-refractivity contribution in [3.8, 4) is 0 Å². The SMILES string of the molecule is CCc1ccc(CO/N=[C]\c2ccc(C)cc2)cc1. The summed E-state index contributed by atoms with van der Waals surface area (Å²) < 4.78 is 0. The maximum absolute atomic E-state index is 5.24. The third-order valence-electron chi connectivity index (χ3n) is 2.95. The van der Waals surface area contributed by atoms with Gasteiger partial charge in [0.15, 0.2) is 0 Å². The molecule has 1 radical (unpaired) electrons. The topological polar surface area (TPSA) is 21.6 Å². The molecule has 0 aliphatic rings. The molecule has 0 atom stereocenters. The van der Waals surface area contributed by atoms with Crippen LogP contribution in [0.5, 0.6) is 0 Å². The van der Waals surface area contributed by atoms with Crippen molar-refractivity contribution in [2.75, 3.05) is 0 Å². The van der Waals surface area contributed by atoms with Gasteiger partial charge in [0.2, 0.25) is 0 Å². The normalized spacial score (nSPS) is 10.8. The fourth-order valence-electron chi connectivity index (χ4n) is 1.69. The summed E-state index contributed by atoms with van der Waals surface area (Å²) in [5.41, 5.74) is 4.60. The van der Waals surface area contributed by atoms with Gasteiger partial charge in [0, 0.05) is 5.56 Å². The first-order valence-corrected chi connectivity index (χ1v) is 6.50. The highest BCUT2D eigenvalue weighted by molar-refractivity contribution is 5.79. The monoisotopic (exact) mass is 252 g/mol. The van der Waals surface area contributed by atoms with Gasteiger partial charge in [-0.05, 0) is 24.5 Å². The van der Waals surface area contributed by atoms with E-state index >= 15 is 0 Å². The van der Waals surface area contributed by atoms with Crippen molar-refractivity contribution in [2.24, 2.45) is 5.16 Å². The molecule has 0 heterocycles. The summed E-state index contributed by atoms with van der Waals surface area (Å²) in [5.74, 6) is 0. The van der Waals surface area contributed by atoms with Gasteiger partial charge < -0.3 is 4.84 Å². The molecule has 0 saturated carbocycles. The largest absolute Gasteiger partial charge is 0.390 e. The summed E-state index contributed by atoms with van der Waals surface area (Å²) in [5, 5.41) is 3.86. The molecular weight excluding hydrogens is 234 g/mol. The summed E-state index contributed by atoms with van der Waals surface area (Å²) >= 11 is 0. The van der Waals surface area contributed by atoms with Crippen molar-refractivity contribution in [3.63, 3.8) is 0 Å². The molecule has 0 fully saturated rings. The molecule has 2 rings (SSSR count). The van der Waals surface area contributed by atoms with E-state index in [-0.39, 0.29) is 0 Å². The smallest absolute Gasteiger partial charge is 0.142 e. The molecule has 2 aromatic carbocycles. The lowest BCUT2D eigenvalue weighted by Crippen LogP contribution is -1.89. The number of rotatable bonds is 5. The average Bonchev–Trinajstić information content (AvgIpc) is 2.46. The fourth-order valence-corrected chi connectivity index (χ4v) is 1.69. The molecule has 0 aliphatic heterocycles. The van der Waals surface area contributed by atoms with Crippen LogP contribution in [0.4, 0.5) is 0 Å². The van der Waals surface area contributed by atoms with E-state index in [1.54, 1.807) is 0 Å². The highest BCUT2D eigenvalue weighted by atomic mass is 16.6. The van der Waals surface area contributed by atoms with Crippen molar-refractivity contribution >= 4 is 6.21 Å². The summed E-state index contributed by atoms with van der Waals surface area (Å²) in [6, 6.07) is 16.4. The van der Waals surface area contributed by atoms with Crippen LogP contribution in [0, 0.1) is 6.92 Å². The van der Waals surface area contributed by atoms with Crippen molar-refractivity contribution in [1.82, 2.24) is 0 Å². The lowest BCUT2D eigenvalue weighted by Gasteiger charge is -2.01. The molecule has 0 aliphatic carbocycles. The first kappa shape index (κ1) is 13.3. The Morgan fingerprint density at radius 2 is 1.58 bits per heavy atom. The van der Waals surface area contributed by atoms with Crippen LogP contribution in [0.15, 0.2) is 53.7 Å². The predicted octanol–water partition coefficient (Wildman–Crippen LogP) is 3.99. The molecule has 0 aromatic heterocycles. The van der Waals surface area contributed by atoms with Gasteiger partial charge in [-0.3, -0.25) is 0 Å². The molecule has 0 saturated heterocycles. The Bertz CT molecular complexity index is 526. The Hall–Kier alpha value is -2.09. The van der Waals surface area contributed by atoms with Crippen molar-refractivity contribution < 1.29 is 4.84 Å². The molecule has 0 unspecified atom stereocenters. The fraction of sp³-hybridized carbons (Fsp3) is 0.235. The minimum absolute atomic E-state index is 0.475. The van der Waals surface area contributed by atoms with E-state index in [4.69, 9.17) is 4.84 Å². The zero-order valence-electron chi connectivity index (χ0n) is 11.4. The summed E-state index contributed by atoms with van der Waals surface area (Å²) in [7, 11) is 0. The molecule has 0 spiro atoms. The minimum atomic E-state index is 0.475. The molecule has 2 heteroatoms. The Kier molecular flexibility index (Phi) is 4.73. The number of nitrogens with zero attached hydrogens (tertiary/aromatic N) is 1. The van der Waals surface area contributed by atoms with E-state index < -0.39 is 0 Å². The van der Waals surface area contributed by atoms with Gasteiger partial charge in [-0.1, -0.05) is 66.2 Å². The lowest BCUT2D eigenvalue weighted by molar-refractivity contribution is 0.132. The Morgan fingerprint density at radius 3 is 2.21 bits per heavy atom. The molecule has 2 nitrogen and oxygen atoms in total.